The number of carbonyl (C=O) groups excluding carboxylic acids is 1. The van der Waals surface area contributed by atoms with Crippen molar-refractivity contribution in [3.8, 4) is 11.4 Å². The molecule has 0 aliphatic heterocycles. The molecule has 0 spiro atoms. The topological polar surface area (TPSA) is 52.5 Å². The zero-order chi connectivity index (χ0) is 17.5. The first kappa shape index (κ1) is 18.4. The highest BCUT2D eigenvalue weighted by Crippen LogP contribution is 2.29. The molecule has 1 amide bonds. The number of halogens is 1. The maximum atomic E-state index is 12.4. The molecular formula is C18H23ClN2O3. The van der Waals surface area contributed by atoms with Crippen LogP contribution in [0.25, 0.3) is 5.69 Å². The maximum absolute atomic E-state index is 12.4. The molecule has 0 saturated heterocycles. The lowest BCUT2D eigenvalue weighted by atomic mass is 10.1. The number of rotatable bonds is 8. The number of nitrogens with zero attached hydrogens (tertiary/aromatic N) is 1. The first-order valence-electron chi connectivity index (χ1n) is 7.93. The third kappa shape index (κ3) is 4.76. The molecule has 1 aromatic heterocycles. The average Bonchev–Trinajstić information content (AvgIpc) is 3.08. The summed E-state index contributed by atoms with van der Waals surface area (Å²) in [5.41, 5.74) is 1.18. The summed E-state index contributed by atoms with van der Waals surface area (Å²) in [6.07, 6.45) is 4.71. The molecule has 6 heteroatoms. The molecule has 0 saturated carbocycles. The molecule has 1 aromatic carbocycles. The first-order valence-corrected chi connectivity index (χ1v) is 8.31. The molecule has 0 aliphatic carbocycles. The van der Waals surface area contributed by atoms with Crippen LogP contribution in [0, 0.1) is 0 Å². The summed E-state index contributed by atoms with van der Waals surface area (Å²) >= 11 is 6.34. The summed E-state index contributed by atoms with van der Waals surface area (Å²) in [6, 6.07) is 7.21. The predicted molar refractivity (Wildman–Crippen MR) is 95.4 cm³/mol. The molecule has 2 rings (SSSR count). The van der Waals surface area contributed by atoms with Gasteiger partial charge in [0.15, 0.2) is 0 Å². The van der Waals surface area contributed by atoms with Crippen LogP contribution >= 0.6 is 11.6 Å². The van der Waals surface area contributed by atoms with Crippen LogP contribution in [0.4, 0.5) is 0 Å². The van der Waals surface area contributed by atoms with Gasteiger partial charge in [-0.25, -0.2) is 0 Å². The first-order chi connectivity index (χ1) is 11.5. The molecule has 0 unspecified atom stereocenters. The van der Waals surface area contributed by atoms with E-state index in [4.69, 9.17) is 21.1 Å². The van der Waals surface area contributed by atoms with Crippen molar-refractivity contribution < 1.29 is 14.3 Å². The van der Waals surface area contributed by atoms with Crippen LogP contribution in [-0.4, -0.2) is 36.8 Å². The van der Waals surface area contributed by atoms with E-state index in [9.17, 15) is 4.79 Å². The highest BCUT2D eigenvalue weighted by Gasteiger charge is 2.16. The van der Waals surface area contributed by atoms with Crippen molar-refractivity contribution in [3.05, 3.63) is 47.2 Å². The number of nitrogens with one attached hydrogen (secondary N) is 1. The Bertz CT molecular complexity index is 669. The Morgan fingerprint density at radius 3 is 2.62 bits per heavy atom. The van der Waals surface area contributed by atoms with Gasteiger partial charge in [0.2, 0.25) is 0 Å². The van der Waals surface area contributed by atoms with Crippen molar-refractivity contribution in [2.24, 2.45) is 0 Å². The number of amides is 1. The van der Waals surface area contributed by atoms with Crippen molar-refractivity contribution >= 4 is 17.5 Å². The molecule has 0 bridgehead atoms. The van der Waals surface area contributed by atoms with Crippen LogP contribution in [-0.2, 0) is 4.74 Å². The van der Waals surface area contributed by atoms with Gasteiger partial charge in [0.05, 0.1) is 29.5 Å². The maximum Gasteiger partial charge on any atom is 0.255 e. The smallest absolute Gasteiger partial charge is 0.255 e. The number of hydrogen-bond donors (Lipinski definition) is 1. The van der Waals surface area contributed by atoms with E-state index in [-0.39, 0.29) is 12.0 Å². The van der Waals surface area contributed by atoms with Gasteiger partial charge in [-0.3, -0.25) is 4.79 Å². The van der Waals surface area contributed by atoms with Gasteiger partial charge in [0.1, 0.15) is 5.75 Å². The van der Waals surface area contributed by atoms with Crippen LogP contribution in [0.15, 0.2) is 36.7 Å². The van der Waals surface area contributed by atoms with Gasteiger partial charge in [-0.2, -0.15) is 0 Å². The summed E-state index contributed by atoms with van der Waals surface area (Å²) in [4.78, 5) is 12.4. The molecule has 0 radical (unpaired) electrons. The van der Waals surface area contributed by atoms with Gasteiger partial charge in [0, 0.05) is 31.6 Å². The van der Waals surface area contributed by atoms with Gasteiger partial charge in [-0.05, 0) is 38.5 Å². The molecule has 130 valence electrons. The molecule has 1 heterocycles. The van der Waals surface area contributed by atoms with Crippen molar-refractivity contribution in [1.82, 2.24) is 9.88 Å². The second-order valence-corrected chi connectivity index (χ2v) is 6.03. The Kier molecular flexibility index (Phi) is 6.70. The van der Waals surface area contributed by atoms with Crippen molar-refractivity contribution in [2.75, 3.05) is 20.3 Å². The minimum atomic E-state index is -0.211. The molecular weight excluding hydrogens is 328 g/mol. The van der Waals surface area contributed by atoms with Crippen molar-refractivity contribution in [2.45, 2.75) is 26.4 Å². The van der Waals surface area contributed by atoms with E-state index >= 15 is 0 Å². The van der Waals surface area contributed by atoms with Crippen LogP contribution in [0.2, 0.25) is 5.02 Å². The second kappa shape index (κ2) is 8.76. The lowest BCUT2D eigenvalue weighted by Crippen LogP contribution is -2.26. The standard InChI is InChI=1S/C18H23ClN2O3/c1-13(2)24-10-6-7-20-18(22)14-11-15(19)16(12-17(14)23-3)21-8-4-5-9-21/h4-5,8-9,11-13H,6-7,10H2,1-3H3,(H,20,22). The normalized spacial score (nSPS) is 10.9. The second-order valence-electron chi connectivity index (χ2n) is 5.62. The highest BCUT2D eigenvalue weighted by molar-refractivity contribution is 6.33. The summed E-state index contributed by atoms with van der Waals surface area (Å²) < 4.78 is 12.7. The lowest BCUT2D eigenvalue weighted by molar-refractivity contribution is 0.0757. The molecule has 0 aliphatic rings. The SMILES string of the molecule is COc1cc(-n2cccc2)c(Cl)cc1C(=O)NCCCOC(C)C. The molecule has 0 fully saturated rings. The fourth-order valence-corrected chi connectivity index (χ4v) is 2.53. The molecule has 24 heavy (non-hydrogen) atoms. The van der Waals surface area contributed by atoms with Gasteiger partial charge < -0.3 is 19.4 Å². The minimum absolute atomic E-state index is 0.195. The minimum Gasteiger partial charge on any atom is -0.496 e. The van der Waals surface area contributed by atoms with E-state index in [1.165, 1.54) is 7.11 Å². The van der Waals surface area contributed by atoms with Crippen LogP contribution in [0.1, 0.15) is 30.6 Å². The van der Waals surface area contributed by atoms with Crippen molar-refractivity contribution in [3.63, 3.8) is 0 Å². The number of aromatic nitrogens is 1. The summed E-state index contributed by atoms with van der Waals surface area (Å²) in [5.74, 6) is 0.274. The quantitative estimate of drug-likeness (QED) is 0.739. The Balaban J connectivity index is 2.06. The number of ether oxygens (including phenoxy) is 2. The van der Waals surface area contributed by atoms with E-state index in [1.54, 1.807) is 12.1 Å². The third-order valence-electron chi connectivity index (χ3n) is 3.45. The summed E-state index contributed by atoms with van der Waals surface area (Å²) in [5, 5.41) is 3.35. The average molecular weight is 351 g/mol. The van der Waals surface area contributed by atoms with Gasteiger partial charge in [0.25, 0.3) is 5.91 Å². The van der Waals surface area contributed by atoms with Crippen molar-refractivity contribution in [1.29, 1.82) is 0 Å². The lowest BCUT2D eigenvalue weighted by Gasteiger charge is -2.14. The Hall–Kier alpha value is -1.98. The zero-order valence-electron chi connectivity index (χ0n) is 14.2. The summed E-state index contributed by atoms with van der Waals surface area (Å²) in [7, 11) is 1.54. The molecule has 5 nitrogen and oxygen atoms in total. The highest BCUT2D eigenvalue weighted by atomic mass is 35.5. The third-order valence-corrected chi connectivity index (χ3v) is 3.76. The van der Waals surface area contributed by atoms with E-state index < -0.39 is 0 Å². The predicted octanol–water partition coefficient (Wildman–Crippen LogP) is 3.68. The van der Waals surface area contributed by atoms with E-state index in [2.05, 4.69) is 5.32 Å². The van der Waals surface area contributed by atoms with Gasteiger partial charge >= 0.3 is 0 Å². The Morgan fingerprint density at radius 1 is 1.29 bits per heavy atom. The monoisotopic (exact) mass is 350 g/mol. The number of methoxy groups -OCH3 is 1. The van der Waals surface area contributed by atoms with Crippen LogP contribution < -0.4 is 10.1 Å². The Labute approximate surface area is 147 Å². The number of benzene rings is 1. The van der Waals surface area contributed by atoms with E-state index in [0.29, 0.717) is 29.5 Å². The van der Waals surface area contributed by atoms with E-state index in [1.807, 2.05) is 42.9 Å². The zero-order valence-corrected chi connectivity index (χ0v) is 15.0. The van der Waals surface area contributed by atoms with E-state index in [0.717, 1.165) is 12.1 Å². The Morgan fingerprint density at radius 2 is 2.00 bits per heavy atom. The van der Waals surface area contributed by atoms with Gasteiger partial charge in [-0.1, -0.05) is 11.6 Å². The van der Waals surface area contributed by atoms with Crippen LogP contribution in [0.3, 0.4) is 0 Å². The van der Waals surface area contributed by atoms with Crippen LogP contribution in [0.5, 0.6) is 5.75 Å². The molecule has 0 atom stereocenters. The fourth-order valence-electron chi connectivity index (χ4n) is 2.27. The largest absolute Gasteiger partial charge is 0.496 e. The number of carbonyl (C=O) groups is 1. The molecule has 2 aromatic rings. The van der Waals surface area contributed by atoms with Gasteiger partial charge in [-0.15, -0.1) is 0 Å². The summed E-state index contributed by atoms with van der Waals surface area (Å²) in [6.45, 7) is 5.11. The number of hydrogen-bond acceptors (Lipinski definition) is 3. The molecule has 1 N–H and O–H groups in total. The fraction of sp³-hybridized carbons (Fsp3) is 0.389.